The van der Waals surface area contributed by atoms with Crippen LogP contribution in [0.3, 0.4) is 0 Å². The maximum absolute atomic E-state index is 12.6. The van der Waals surface area contributed by atoms with Crippen molar-refractivity contribution in [2.45, 2.75) is 32.9 Å². The zero-order valence-corrected chi connectivity index (χ0v) is 15.8. The first-order chi connectivity index (χ1) is 13.0. The molecule has 0 fully saturated rings. The van der Waals surface area contributed by atoms with E-state index in [4.69, 9.17) is 0 Å². The molecule has 1 unspecified atom stereocenters. The van der Waals surface area contributed by atoms with Crippen molar-refractivity contribution in [3.8, 4) is 11.3 Å². The number of hydrogen-bond acceptors (Lipinski definition) is 5. The molecule has 2 aromatic heterocycles. The molecule has 3 aromatic rings. The first-order valence-corrected chi connectivity index (χ1v) is 8.97. The topological polar surface area (TPSA) is 84.7 Å². The molecule has 0 spiro atoms. The van der Waals surface area contributed by atoms with Crippen molar-refractivity contribution in [2.75, 3.05) is 12.4 Å². The molecule has 2 heterocycles. The Morgan fingerprint density at radius 3 is 2.81 bits per heavy atom. The van der Waals surface area contributed by atoms with Gasteiger partial charge >= 0.3 is 0 Å². The predicted octanol–water partition coefficient (Wildman–Crippen LogP) is 2.90. The predicted molar refractivity (Wildman–Crippen MR) is 106 cm³/mol. The molecule has 1 aromatic carbocycles. The van der Waals surface area contributed by atoms with Crippen LogP contribution >= 0.6 is 0 Å². The summed E-state index contributed by atoms with van der Waals surface area (Å²) in [6.07, 6.45) is 4.48. The summed E-state index contributed by atoms with van der Waals surface area (Å²) in [6.45, 7) is 4.68. The summed E-state index contributed by atoms with van der Waals surface area (Å²) in [7, 11) is 1.78. The van der Waals surface area contributed by atoms with Crippen molar-refractivity contribution in [3.05, 3.63) is 60.0 Å². The van der Waals surface area contributed by atoms with Crippen LogP contribution in [0.5, 0.6) is 0 Å². The first kappa shape index (κ1) is 18.6. The van der Waals surface area contributed by atoms with Crippen LogP contribution in [0.15, 0.2) is 48.8 Å². The molecule has 0 aliphatic carbocycles. The van der Waals surface area contributed by atoms with Gasteiger partial charge in [0.1, 0.15) is 0 Å². The van der Waals surface area contributed by atoms with Crippen LogP contribution in [0.2, 0.25) is 0 Å². The van der Waals surface area contributed by atoms with Gasteiger partial charge in [-0.3, -0.25) is 9.48 Å². The van der Waals surface area contributed by atoms with Crippen LogP contribution < -0.4 is 10.6 Å². The number of aryl methyl sites for hydroxylation is 2. The van der Waals surface area contributed by atoms with Crippen LogP contribution in [-0.4, -0.2) is 38.7 Å². The lowest BCUT2D eigenvalue weighted by atomic mass is 10.1. The molecule has 27 heavy (non-hydrogen) atoms. The maximum Gasteiger partial charge on any atom is 0.251 e. The highest BCUT2D eigenvalue weighted by Gasteiger charge is 2.12. The molecule has 0 saturated heterocycles. The number of benzene rings is 1. The van der Waals surface area contributed by atoms with E-state index in [9.17, 15) is 4.79 Å². The third-order valence-electron chi connectivity index (χ3n) is 4.23. The minimum atomic E-state index is -0.0931. The normalized spacial score (nSPS) is 11.8. The third-order valence-corrected chi connectivity index (χ3v) is 4.23. The van der Waals surface area contributed by atoms with Gasteiger partial charge in [-0.2, -0.15) is 5.10 Å². The minimum absolute atomic E-state index is 0.0440. The zero-order chi connectivity index (χ0) is 19.2. The summed E-state index contributed by atoms with van der Waals surface area (Å²) >= 11 is 0. The molecule has 0 saturated carbocycles. The molecule has 3 rings (SSSR count). The number of hydrogen-bond donors (Lipinski definition) is 2. The van der Waals surface area contributed by atoms with E-state index >= 15 is 0 Å². The second-order valence-corrected chi connectivity index (χ2v) is 6.48. The van der Waals surface area contributed by atoms with Gasteiger partial charge in [-0.1, -0.05) is 12.1 Å². The second-order valence-electron chi connectivity index (χ2n) is 6.48. The summed E-state index contributed by atoms with van der Waals surface area (Å²) in [6, 6.07) is 11.3. The lowest BCUT2D eigenvalue weighted by Crippen LogP contribution is -2.33. The number of carbonyl (C=O) groups excluding carboxylic acids is 1. The lowest BCUT2D eigenvalue weighted by Gasteiger charge is -2.14. The van der Waals surface area contributed by atoms with Gasteiger partial charge in [-0.15, -0.1) is 0 Å². The van der Waals surface area contributed by atoms with Crippen molar-refractivity contribution >= 4 is 11.9 Å². The van der Waals surface area contributed by atoms with E-state index in [1.807, 2.05) is 61.1 Å². The quantitative estimate of drug-likeness (QED) is 0.673. The maximum atomic E-state index is 12.6. The fraction of sp³-hybridized carbons (Fsp3) is 0.300. The van der Waals surface area contributed by atoms with Crippen LogP contribution in [-0.2, 0) is 6.54 Å². The largest absolute Gasteiger partial charge is 0.357 e. The van der Waals surface area contributed by atoms with Crippen molar-refractivity contribution in [1.82, 2.24) is 25.1 Å². The highest BCUT2D eigenvalue weighted by molar-refractivity contribution is 5.95. The molecule has 1 amide bonds. The first-order valence-electron chi connectivity index (χ1n) is 8.97. The molecule has 0 bridgehead atoms. The molecular weight excluding hydrogens is 340 g/mol. The summed E-state index contributed by atoms with van der Waals surface area (Å²) in [5.74, 6) is 0.469. The third kappa shape index (κ3) is 4.91. The Morgan fingerprint density at radius 1 is 1.22 bits per heavy atom. The highest BCUT2D eigenvalue weighted by Crippen LogP contribution is 2.20. The average molecular weight is 364 g/mol. The monoisotopic (exact) mass is 364 g/mol. The van der Waals surface area contributed by atoms with Gasteiger partial charge in [-0.05, 0) is 44.5 Å². The van der Waals surface area contributed by atoms with E-state index in [1.54, 1.807) is 13.2 Å². The number of rotatable bonds is 7. The van der Waals surface area contributed by atoms with Crippen molar-refractivity contribution < 1.29 is 4.79 Å². The molecule has 140 valence electrons. The van der Waals surface area contributed by atoms with Crippen LogP contribution in [0, 0.1) is 6.92 Å². The van der Waals surface area contributed by atoms with E-state index in [0.717, 1.165) is 29.9 Å². The summed E-state index contributed by atoms with van der Waals surface area (Å²) in [5, 5.41) is 10.2. The van der Waals surface area contributed by atoms with Gasteiger partial charge in [0.2, 0.25) is 5.95 Å². The number of amides is 1. The Morgan fingerprint density at radius 2 is 2.07 bits per heavy atom. The van der Waals surface area contributed by atoms with Gasteiger partial charge in [0, 0.05) is 48.8 Å². The van der Waals surface area contributed by atoms with Gasteiger partial charge < -0.3 is 10.6 Å². The zero-order valence-electron chi connectivity index (χ0n) is 15.8. The van der Waals surface area contributed by atoms with E-state index in [1.165, 1.54) is 0 Å². The Hall–Kier alpha value is -3.22. The average Bonchev–Trinajstić information content (AvgIpc) is 3.19. The fourth-order valence-corrected chi connectivity index (χ4v) is 2.79. The van der Waals surface area contributed by atoms with Gasteiger partial charge in [0.05, 0.1) is 5.69 Å². The van der Waals surface area contributed by atoms with Gasteiger partial charge in [-0.25, -0.2) is 9.97 Å². The molecule has 7 nitrogen and oxygen atoms in total. The molecule has 0 radical (unpaired) electrons. The number of nitrogens with zero attached hydrogens (tertiary/aromatic N) is 4. The standard InChI is InChI=1S/C20H24N6O/c1-14(8-11-26-10-5-9-22-26)23-19(27)17-7-4-6-16(13-17)18-12-15(2)24-20(21-3)25-18/h4-7,9-10,12-14H,8,11H2,1-3H3,(H,23,27)(H,21,24,25). The Bertz CT molecular complexity index is 907. The summed E-state index contributed by atoms with van der Waals surface area (Å²) in [5.41, 5.74) is 3.15. The molecule has 0 aliphatic heterocycles. The Kier molecular flexibility index (Phi) is 5.80. The summed E-state index contributed by atoms with van der Waals surface area (Å²) < 4.78 is 1.86. The van der Waals surface area contributed by atoms with Crippen molar-refractivity contribution in [1.29, 1.82) is 0 Å². The molecule has 2 N–H and O–H groups in total. The van der Waals surface area contributed by atoms with E-state index in [0.29, 0.717) is 11.5 Å². The second kappa shape index (κ2) is 8.44. The molecule has 0 aliphatic rings. The van der Waals surface area contributed by atoms with Gasteiger partial charge in [0.15, 0.2) is 0 Å². The van der Waals surface area contributed by atoms with Crippen molar-refractivity contribution in [3.63, 3.8) is 0 Å². The van der Waals surface area contributed by atoms with Crippen molar-refractivity contribution in [2.24, 2.45) is 0 Å². The summed E-state index contributed by atoms with van der Waals surface area (Å²) in [4.78, 5) is 21.4. The van der Waals surface area contributed by atoms with Crippen LogP contribution in [0.25, 0.3) is 11.3 Å². The van der Waals surface area contributed by atoms with E-state index < -0.39 is 0 Å². The van der Waals surface area contributed by atoms with E-state index in [2.05, 4.69) is 25.7 Å². The number of aromatic nitrogens is 4. The minimum Gasteiger partial charge on any atom is -0.357 e. The molecule has 7 heteroatoms. The fourth-order valence-electron chi connectivity index (χ4n) is 2.79. The highest BCUT2D eigenvalue weighted by atomic mass is 16.1. The van der Waals surface area contributed by atoms with Crippen LogP contribution in [0.4, 0.5) is 5.95 Å². The number of anilines is 1. The molecular formula is C20H24N6O. The Balaban J connectivity index is 1.69. The van der Waals surface area contributed by atoms with Crippen LogP contribution in [0.1, 0.15) is 29.4 Å². The lowest BCUT2D eigenvalue weighted by molar-refractivity contribution is 0.0937. The smallest absolute Gasteiger partial charge is 0.251 e. The SMILES string of the molecule is CNc1nc(C)cc(-c2cccc(C(=O)NC(C)CCn3cccn3)c2)n1. The number of carbonyl (C=O) groups is 1. The molecule has 1 atom stereocenters. The van der Waals surface area contributed by atoms with Gasteiger partial charge in [0.25, 0.3) is 5.91 Å². The Labute approximate surface area is 158 Å². The number of nitrogens with one attached hydrogen (secondary N) is 2. The van der Waals surface area contributed by atoms with E-state index in [-0.39, 0.29) is 11.9 Å².